The summed E-state index contributed by atoms with van der Waals surface area (Å²) in [5.41, 5.74) is 0.0790. The van der Waals surface area contributed by atoms with Gasteiger partial charge in [0.2, 0.25) is 5.82 Å². The van der Waals surface area contributed by atoms with Crippen molar-refractivity contribution in [3.8, 4) is 0 Å². The van der Waals surface area contributed by atoms with Crippen molar-refractivity contribution in [1.82, 2.24) is 20.5 Å². The highest BCUT2D eigenvalue weighted by Crippen LogP contribution is 2.24. The fourth-order valence-electron chi connectivity index (χ4n) is 0.911. The Kier molecular flexibility index (Phi) is 3.44. The van der Waals surface area contributed by atoms with E-state index >= 15 is 0 Å². The summed E-state index contributed by atoms with van der Waals surface area (Å²) >= 11 is 0. The van der Waals surface area contributed by atoms with Crippen LogP contribution in [0.3, 0.4) is 0 Å². The molecule has 1 heterocycles. The summed E-state index contributed by atoms with van der Waals surface area (Å²) < 4.78 is 0. The largest absolute Gasteiger partial charge is 0.349 e. The molecule has 1 amide bonds. The van der Waals surface area contributed by atoms with Gasteiger partial charge in [-0.3, -0.25) is 9.89 Å². The zero-order valence-corrected chi connectivity index (χ0v) is 9.66. The Morgan fingerprint density at radius 3 is 2.73 bits per heavy atom. The van der Waals surface area contributed by atoms with Crippen LogP contribution in [0.15, 0.2) is 6.33 Å². The summed E-state index contributed by atoms with van der Waals surface area (Å²) in [6.45, 7) is 9.15. The Morgan fingerprint density at radius 1 is 1.60 bits per heavy atom. The van der Waals surface area contributed by atoms with Gasteiger partial charge in [0.05, 0.1) is 0 Å². The highest BCUT2D eigenvalue weighted by molar-refractivity contribution is 5.90. The van der Waals surface area contributed by atoms with Gasteiger partial charge in [-0.25, -0.2) is 4.98 Å². The number of aromatic amines is 1. The van der Waals surface area contributed by atoms with Gasteiger partial charge in [-0.05, 0) is 11.3 Å². The second-order valence-electron chi connectivity index (χ2n) is 4.66. The zero-order valence-electron chi connectivity index (χ0n) is 9.66. The Balaban J connectivity index is 2.48. The van der Waals surface area contributed by atoms with Crippen molar-refractivity contribution in [1.29, 1.82) is 0 Å². The summed E-state index contributed by atoms with van der Waals surface area (Å²) in [4.78, 5) is 15.3. The topological polar surface area (TPSA) is 70.7 Å². The number of hydrogen-bond acceptors (Lipinski definition) is 3. The number of carbonyl (C=O) groups is 1. The van der Waals surface area contributed by atoms with E-state index in [1.165, 1.54) is 6.33 Å². The van der Waals surface area contributed by atoms with E-state index in [1.807, 2.05) is 0 Å². The second kappa shape index (κ2) is 4.42. The summed E-state index contributed by atoms with van der Waals surface area (Å²) in [7, 11) is 0. The first-order chi connectivity index (χ1) is 6.93. The molecular formula is C10H18N4O. The molecule has 0 spiro atoms. The van der Waals surface area contributed by atoms with Gasteiger partial charge in [0.1, 0.15) is 6.33 Å². The Morgan fingerprint density at radius 2 is 2.27 bits per heavy atom. The van der Waals surface area contributed by atoms with E-state index in [-0.39, 0.29) is 17.1 Å². The summed E-state index contributed by atoms with van der Waals surface area (Å²) in [5.74, 6) is 0.559. The maximum Gasteiger partial charge on any atom is 0.288 e. The van der Waals surface area contributed by atoms with Crippen LogP contribution >= 0.6 is 0 Å². The van der Waals surface area contributed by atoms with Crippen molar-refractivity contribution >= 4 is 5.91 Å². The highest BCUT2D eigenvalue weighted by atomic mass is 16.2. The molecule has 1 aromatic rings. The monoisotopic (exact) mass is 210 g/mol. The SMILES string of the molecule is CC(C)C(C)(C)CNC(=O)c1ncn[nH]1. The van der Waals surface area contributed by atoms with Crippen molar-refractivity contribution in [2.24, 2.45) is 11.3 Å². The van der Waals surface area contributed by atoms with Crippen LogP contribution in [-0.2, 0) is 0 Å². The molecule has 0 radical (unpaired) electrons. The third-order valence-electron chi connectivity index (χ3n) is 2.90. The summed E-state index contributed by atoms with van der Waals surface area (Å²) in [5, 5.41) is 8.99. The number of carbonyl (C=O) groups excluding carboxylic acids is 1. The van der Waals surface area contributed by atoms with Gasteiger partial charge in [-0.15, -0.1) is 0 Å². The van der Waals surface area contributed by atoms with Crippen molar-refractivity contribution in [2.75, 3.05) is 6.54 Å². The minimum absolute atomic E-state index is 0.0790. The third-order valence-corrected chi connectivity index (χ3v) is 2.90. The molecule has 0 saturated heterocycles. The molecule has 1 rings (SSSR count). The molecule has 0 fully saturated rings. The first kappa shape index (κ1) is 11.7. The molecule has 0 aliphatic rings. The van der Waals surface area contributed by atoms with Crippen LogP contribution < -0.4 is 5.32 Å². The van der Waals surface area contributed by atoms with E-state index < -0.39 is 0 Å². The van der Waals surface area contributed by atoms with E-state index in [9.17, 15) is 4.79 Å². The van der Waals surface area contributed by atoms with Gasteiger partial charge < -0.3 is 5.32 Å². The number of rotatable bonds is 4. The van der Waals surface area contributed by atoms with Gasteiger partial charge in [-0.2, -0.15) is 5.10 Å². The number of nitrogens with one attached hydrogen (secondary N) is 2. The Hall–Kier alpha value is -1.39. The molecule has 2 N–H and O–H groups in total. The number of hydrogen-bond donors (Lipinski definition) is 2. The molecule has 0 aliphatic carbocycles. The van der Waals surface area contributed by atoms with Crippen LogP contribution in [0, 0.1) is 11.3 Å². The van der Waals surface area contributed by atoms with Crippen LogP contribution in [-0.4, -0.2) is 27.6 Å². The first-order valence-corrected chi connectivity index (χ1v) is 5.07. The van der Waals surface area contributed by atoms with Crippen molar-refractivity contribution < 1.29 is 4.79 Å². The van der Waals surface area contributed by atoms with Crippen LogP contribution in [0.2, 0.25) is 0 Å². The molecule has 0 bridgehead atoms. The molecule has 0 saturated carbocycles. The lowest BCUT2D eigenvalue weighted by molar-refractivity contribution is 0.0915. The van der Waals surface area contributed by atoms with Gasteiger partial charge in [0, 0.05) is 6.54 Å². The molecule has 15 heavy (non-hydrogen) atoms. The van der Waals surface area contributed by atoms with Crippen LogP contribution in [0.1, 0.15) is 38.3 Å². The number of nitrogens with zero attached hydrogens (tertiary/aromatic N) is 2. The number of aromatic nitrogens is 3. The predicted octanol–water partition coefficient (Wildman–Crippen LogP) is 1.22. The lowest BCUT2D eigenvalue weighted by Crippen LogP contribution is -2.37. The highest BCUT2D eigenvalue weighted by Gasteiger charge is 2.23. The van der Waals surface area contributed by atoms with Gasteiger partial charge in [0.25, 0.3) is 5.91 Å². The molecule has 84 valence electrons. The van der Waals surface area contributed by atoms with Crippen molar-refractivity contribution in [3.05, 3.63) is 12.2 Å². The zero-order chi connectivity index (χ0) is 11.5. The molecule has 5 nitrogen and oxygen atoms in total. The molecule has 0 aliphatic heterocycles. The maximum atomic E-state index is 11.5. The van der Waals surface area contributed by atoms with Gasteiger partial charge in [-0.1, -0.05) is 27.7 Å². The number of amides is 1. The van der Waals surface area contributed by atoms with E-state index in [4.69, 9.17) is 0 Å². The molecule has 5 heteroatoms. The average Bonchev–Trinajstić information content (AvgIpc) is 2.66. The van der Waals surface area contributed by atoms with Gasteiger partial charge in [0.15, 0.2) is 0 Å². The van der Waals surface area contributed by atoms with Gasteiger partial charge >= 0.3 is 0 Å². The van der Waals surface area contributed by atoms with Crippen molar-refractivity contribution in [2.45, 2.75) is 27.7 Å². The van der Waals surface area contributed by atoms with Crippen molar-refractivity contribution in [3.63, 3.8) is 0 Å². The quantitative estimate of drug-likeness (QED) is 0.784. The maximum absolute atomic E-state index is 11.5. The molecule has 0 unspecified atom stereocenters. The Bertz CT molecular complexity index is 316. The lowest BCUT2D eigenvalue weighted by atomic mass is 9.81. The second-order valence-corrected chi connectivity index (χ2v) is 4.66. The minimum atomic E-state index is -0.207. The molecule has 0 atom stereocenters. The fraction of sp³-hybridized carbons (Fsp3) is 0.700. The normalized spacial score (nSPS) is 11.8. The smallest absolute Gasteiger partial charge is 0.288 e. The summed E-state index contributed by atoms with van der Waals surface area (Å²) in [6, 6.07) is 0. The first-order valence-electron chi connectivity index (χ1n) is 5.07. The Labute approximate surface area is 89.7 Å². The fourth-order valence-corrected chi connectivity index (χ4v) is 0.911. The lowest BCUT2D eigenvalue weighted by Gasteiger charge is -2.29. The van der Waals surface area contributed by atoms with E-state index in [0.29, 0.717) is 12.5 Å². The summed E-state index contributed by atoms with van der Waals surface area (Å²) in [6.07, 6.45) is 1.32. The van der Waals surface area contributed by atoms with Crippen LogP contribution in [0.5, 0.6) is 0 Å². The van der Waals surface area contributed by atoms with Crippen LogP contribution in [0.25, 0.3) is 0 Å². The number of H-pyrrole nitrogens is 1. The standard InChI is InChI=1S/C10H18N4O/c1-7(2)10(3,4)5-11-9(15)8-12-6-13-14-8/h6-7H,5H2,1-4H3,(H,11,15)(H,12,13,14). The minimum Gasteiger partial charge on any atom is -0.349 e. The average molecular weight is 210 g/mol. The molecule has 0 aromatic carbocycles. The van der Waals surface area contributed by atoms with Crippen LogP contribution in [0.4, 0.5) is 0 Å². The van der Waals surface area contributed by atoms with E-state index in [1.54, 1.807) is 0 Å². The predicted molar refractivity (Wildman–Crippen MR) is 57.3 cm³/mol. The van der Waals surface area contributed by atoms with E-state index in [2.05, 4.69) is 48.2 Å². The van der Waals surface area contributed by atoms with E-state index in [0.717, 1.165) is 0 Å². The molecular weight excluding hydrogens is 192 g/mol. The third kappa shape index (κ3) is 3.04. The molecule has 1 aromatic heterocycles.